The Morgan fingerprint density at radius 2 is 1.94 bits per heavy atom. The van der Waals surface area contributed by atoms with Crippen LogP contribution in [0.25, 0.3) is 0 Å². The van der Waals surface area contributed by atoms with Crippen LogP contribution in [-0.2, 0) is 9.47 Å². The van der Waals surface area contributed by atoms with E-state index < -0.39 is 0 Å². The van der Waals surface area contributed by atoms with Gasteiger partial charge >= 0.3 is 0 Å². The molecule has 18 heavy (non-hydrogen) atoms. The summed E-state index contributed by atoms with van der Waals surface area (Å²) in [4.78, 5) is 2.54. The zero-order valence-corrected chi connectivity index (χ0v) is 12.4. The van der Waals surface area contributed by atoms with Crippen molar-refractivity contribution in [2.45, 2.75) is 51.4 Å². The number of nitrogens with zero attached hydrogens (tertiary/aromatic N) is 1. The Labute approximate surface area is 112 Å². The van der Waals surface area contributed by atoms with Crippen molar-refractivity contribution < 1.29 is 9.47 Å². The maximum atomic E-state index is 6.04. The minimum Gasteiger partial charge on any atom is -0.356 e. The normalized spacial score (nSPS) is 19.5. The number of methoxy groups -OCH3 is 2. The lowest BCUT2D eigenvalue weighted by Crippen LogP contribution is -2.54. The highest BCUT2D eigenvalue weighted by atomic mass is 16.7. The average Bonchev–Trinajstić information content (AvgIpc) is 3.19. The van der Waals surface area contributed by atoms with E-state index in [0.717, 1.165) is 25.3 Å². The Balaban J connectivity index is 2.65. The molecule has 1 rings (SSSR count). The van der Waals surface area contributed by atoms with Gasteiger partial charge in [0.1, 0.15) is 0 Å². The van der Waals surface area contributed by atoms with Gasteiger partial charge in [-0.2, -0.15) is 0 Å². The second kappa shape index (κ2) is 7.43. The molecule has 0 aromatic rings. The molecule has 108 valence electrons. The number of rotatable bonds is 10. The molecule has 0 radical (unpaired) electrons. The van der Waals surface area contributed by atoms with E-state index in [2.05, 4.69) is 18.7 Å². The van der Waals surface area contributed by atoms with Crippen molar-refractivity contribution >= 4 is 0 Å². The molecule has 1 saturated carbocycles. The second-order valence-electron chi connectivity index (χ2n) is 5.70. The van der Waals surface area contributed by atoms with Gasteiger partial charge in [0.2, 0.25) is 0 Å². The molecular weight excluding hydrogens is 228 g/mol. The summed E-state index contributed by atoms with van der Waals surface area (Å²) in [5, 5.41) is 0. The van der Waals surface area contributed by atoms with Crippen LogP contribution in [0.2, 0.25) is 0 Å². The zero-order valence-electron chi connectivity index (χ0n) is 12.4. The highest BCUT2D eigenvalue weighted by Crippen LogP contribution is 2.33. The Morgan fingerprint density at radius 3 is 2.33 bits per heavy atom. The highest BCUT2D eigenvalue weighted by Gasteiger charge is 2.36. The molecule has 0 amide bonds. The van der Waals surface area contributed by atoms with Gasteiger partial charge in [-0.1, -0.05) is 6.92 Å². The number of nitrogens with two attached hydrogens (primary N) is 1. The maximum Gasteiger partial charge on any atom is 0.158 e. The molecule has 0 bridgehead atoms. The van der Waals surface area contributed by atoms with Gasteiger partial charge in [-0.05, 0) is 38.6 Å². The van der Waals surface area contributed by atoms with Gasteiger partial charge in [-0.25, -0.2) is 0 Å². The molecule has 4 heteroatoms. The average molecular weight is 258 g/mol. The molecule has 0 aromatic heterocycles. The van der Waals surface area contributed by atoms with Gasteiger partial charge in [0.25, 0.3) is 0 Å². The van der Waals surface area contributed by atoms with E-state index in [-0.39, 0.29) is 11.8 Å². The molecule has 0 aromatic carbocycles. The smallest absolute Gasteiger partial charge is 0.158 e. The third kappa shape index (κ3) is 4.50. The first-order chi connectivity index (χ1) is 8.59. The Kier molecular flexibility index (Phi) is 6.57. The first-order valence-electron chi connectivity index (χ1n) is 7.10. The van der Waals surface area contributed by atoms with E-state index >= 15 is 0 Å². The zero-order chi connectivity index (χ0) is 13.6. The van der Waals surface area contributed by atoms with Crippen LogP contribution in [0.1, 0.15) is 39.5 Å². The van der Waals surface area contributed by atoms with Crippen molar-refractivity contribution in [2.24, 2.45) is 11.7 Å². The molecule has 1 aliphatic rings. The quantitative estimate of drug-likeness (QED) is 0.607. The van der Waals surface area contributed by atoms with Crippen molar-refractivity contribution in [1.82, 2.24) is 4.90 Å². The van der Waals surface area contributed by atoms with Crippen molar-refractivity contribution in [3.05, 3.63) is 0 Å². The lowest BCUT2D eigenvalue weighted by atomic mass is 9.94. The second-order valence-corrected chi connectivity index (χ2v) is 5.70. The van der Waals surface area contributed by atoms with Crippen LogP contribution >= 0.6 is 0 Å². The Hall–Kier alpha value is -0.160. The number of hydrogen-bond acceptors (Lipinski definition) is 4. The monoisotopic (exact) mass is 258 g/mol. The SMILES string of the molecule is CCCN(CC1CC1)C(C)(CN)CC(OC)OC. The summed E-state index contributed by atoms with van der Waals surface area (Å²) in [6, 6.07) is 0. The Bertz CT molecular complexity index is 230. The van der Waals surface area contributed by atoms with Gasteiger partial charge in [-0.3, -0.25) is 4.90 Å². The van der Waals surface area contributed by atoms with Crippen LogP contribution in [0.5, 0.6) is 0 Å². The molecule has 0 spiro atoms. The first-order valence-corrected chi connectivity index (χ1v) is 7.10. The van der Waals surface area contributed by atoms with Crippen molar-refractivity contribution in [3.8, 4) is 0 Å². The van der Waals surface area contributed by atoms with Gasteiger partial charge in [0.15, 0.2) is 6.29 Å². The molecule has 1 aliphatic carbocycles. The van der Waals surface area contributed by atoms with Gasteiger partial charge < -0.3 is 15.2 Å². The topological polar surface area (TPSA) is 47.7 Å². The van der Waals surface area contributed by atoms with Crippen LogP contribution in [0.4, 0.5) is 0 Å². The van der Waals surface area contributed by atoms with E-state index in [0.29, 0.717) is 6.54 Å². The molecule has 2 N–H and O–H groups in total. The number of ether oxygens (including phenoxy) is 2. The van der Waals surface area contributed by atoms with Crippen LogP contribution < -0.4 is 5.73 Å². The van der Waals surface area contributed by atoms with Crippen LogP contribution in [0.3, 0.4) is 0 Å². The summed E-state index contributed by atoms with van der Waals surface area (Å²) in [5.74, 6) is 0.881. The van der Waals surface area contributed by atoms with Gasteiger partial charge in [0, 0.05) is 39.3 Å². The van der Waals surface area contributed by atoms with Gasteiger partial charge in [0.05, 0.1) is 0 Å². The van der Waals surface area contributed by atoms with Crippen molar-refractivity contribution in [2.75, 3.05) is 33.9 Å². The third-order valence-corrected chi connectivity index (χ3v) is 4.00. The molecule has 1 fully saturated rings. The van der Waals surface area contributed by atoms with Crippen molar-refractivity contribution in [3.63, 3.8) is 0 Å². The third-order valence-electron chi connectivity index (χ3n) is 4.00. The summed E-state index contributed by atoms with van der Waals surface area (Å²) in [6.07, 6.45) is 4.56. The predicted octanol–water partition coefficient (Wildman–Crippen LogP) is 1.83. The first kappa shape index (κ1) is 15.9. The predicted molar refractivity (Wildman–Crippen MR) is 74.5 cm³/mol. The molecule has 0 heterocycles. The highest BCUT2D eigenvalue weighted by molar-refractivity contribution is 4.91. The van der Waals surface area contributed by atoms with E-state index in [9.17, 15) is 0 Å². The summed E-state index contributed by atoms with van der Waals surface area (Å²) < 4.78 is 10.7. The van der Waals surface area contributed by atoms with E-state index in [4.69, 9.17) is 15.2 Å². The lowest BCUT2D eigenvalue weighted by molar-refractivity contribution is -0.129. The fourth-order valence-corrected chi connectivity index (χ4v) is 2.43. The Morgan fingerprint density at radius 1 is 1.33 bits per heavy atom. The van der Waals surface area contributed by atoms with E-state index in [1.165, 1.54) is 19.4 Å². The summed E-state index contributed by atoms with van der Waals surface area (Å²) in [5.41, 5.74) is 6.01. The summed E-state index contributed by atoms with van der Waals surface area (Å²) in [7, 11) is 3.38. The molecular formula is C14H30N2O2. The molecule has 0 saturated heterocycles. The fraction of sp³-hybridized carbons (Fsp3) is 1.00. The summed E-state index contributed by atoms with van der Waals surface area (Å²) >= 11 is 0. The van der Waals surface area contributed by atoms with Crippen LogP contribution in [0, 0.1) is 5.92 Å². The minimum atomic E-state index is -0.169. The number of hydrogen-bond donors (Lipinski definition) is 1. The lowest BCUT2D eigenvalue weighted by Gasteiger charge is -2.42. The summed E-state index contributed by atoms with van der Waals surface area (Å²) in [6.45, 7) is 7.37. The van der Waals surface area contributed by atoms with Crippen molar-refractivity contribution in [1.29, 1.82) is 0 Å². The van der Waals surface area contributed by atoms with E-state index in [1.807, 2.05) is 0 Å². The molecule has 4 nitrogen and oxygen atoms in total. The van der Waals surface area contributed by atoms with Crippen LogP contribution in [-0.4, -0.2) is 50.6 Å². The van der Waals surface area contributed by atoms with Gasteiger partial charge in [-0.15, -0.1) is 0 Å². The maximum absolute atomic E-state index is 6.04. The largest absolute Gasteiger partial charge is 0.356 e. The van der Waals surface area contributed by atoms with Crippen LogP contribution in [0.15, 0.2) is 0 Å². The molecule has 0 aliphatic heterocycles. The minimum absolute atomic E-state index is 0.0325. The fourth-order valence-electron chi connectivity index (χ4n) is 2.43. The standard InChI is InChI=1S/C14H30N2O2/c1-5-8-16(10-12-6-7-12)14(2,11-15)9-13(17-3)18-4/h12-13H,5-11,15H2,1-4H3. The molecule has 1 atom stereocenters. The van der Waals surface area contributed by atoms with E-state index in [1.54, 1.807) is 14.2 Å². The molecule has 1 unspecified atom stereocenters.